The van der Waals surface area contributed by atoms with Crippen molar-refractivity contribution in [3.63, 3.8) is 0 Å². The van der Waals surface area contributed by atoms with Gasteiger partial charge in [-0.25, -0.2) is 0 Å². The highest BCUT2D eigenvalue weighted by Crippen LogP contribution is 2.44. The molecule has 180 valence electrons. The van der Waals surface area contributed by atoms with Gasteiger partial charge in [0.1, 0.15) is 0 Å². The molecule has 2 aliphatic rings. The number of carbonyl (C=O) groups excluding carboxylic acids is 1. The zero-order valence-electron chi connectivity index (χ0n) is 20.3. The first kappa shape index (κ1) is 22.6. The van der Waals surface area contributed by atoms with Gasteiger partial charge in [-0.2, -0.15) is 0 Å². The van der Waals surface area contributed by atoms with Gasteiger partial charge in [-0.1, -0.05) is 12.1 Å². The quantitative estimate of drug-likeness (QED) is 0.555. The van der Waals surface area contributed by atoms with E-state index in [0.29, 0.717) is 47.2 Å². The second-order valence-electron chi connectivity index (χ2n) is 9.46. The van der Waals surface area contributed by atoms with Crippen LogP contribution in [0, 0.1) is 5.92 Å². The van der Waals surface area contributed by atoms with E-state index in [4.69, 9.17) is 14.2 Å². The van der Waals surface area contributed by atoms with Gasteiger partial charge in [0.05, 0.1) is 21.3 Å². The number of hydrogen-bond donors (Lipinski definition) is 2. The van der Waals surface area contributed by atoms with Crippen LogP contribution in [0.25, 0.3) is 10.9 Å². The summed E-state index contributed by atoms with van der Waals surface area (Å²) in [7, 11) is 6.90. The van der Waals surface area contributed by atoms with Gasteiger partial charge >= 0.3 is 0 Å². The van der Waals surface area contributed by atoms with Crippen LogP contribution in [0.2, 0.25) is 0 Å². The largest absolute Gasteiger partial charge is 0.493 e. The van der Waals surface area contributed by atoms with Crippen LogP contribution in [-0.2, 0) is 6.42 Å². The summed E-state index contributed by atoms with van der Waals surface area (Å²) in [6, 6.07) is 10.6. The number of H-pyrrole nitrogens is 1. The summed E-state index contributed by atoms with van der Waals surface area (Å²) >= 11 is 0. The van der Waals surface area contributed by atoms with Crippen LogP contribution < -0.4 is 19.5 Å². The van der Waals surface area contributed by atoms with Gasteiger partial charge in [0.15, 0.2) is 11.5 Å². The molecule has 1 fully saturated rings. The van der Waals surface area contributed by atoms with Crippen molar-refractivity contribution in [3.05, 3.63) is 53.2 Å². The fourth-order valence-corrected chi connectivity index (χ4v) is 5.97. The molecule has 1 amide bonds. The number of carbonyl (C=O) groups is 1. The van der Waals surface area contributed by atoms with E-state index >= 15 is 0 Å². The predicted octanol–water partition coefficient (Wildman–Crippen LogP) is 3.97. The number of fused-ring (bicyclic) bond motifs is 2. The number of nitrogens with one attached hydrogen (secondary N) is 2. The van der Waals surface area contributed by atoms with Crippen molar-refractivity contribution >= 4 is 16.8 Å². The molecule has 1 aliphatic heterocycles. The number of amides is 1. The molecule has 0 saturated carbocycles. The fraction of sp³-hybridized carbons (Fsp3) is 0.444. The zero-order valence-corrected chi connectivity index (χ0v) is 20.3. The Bertz CT molecular complexity index is 1180. The van der Waals surface area contributed by atoms with Crippen molar-refractivity contribution < 1.29 is 19.0 Å². The lowest BCUT2D eigenvalue weighted by Gasteiger charge is -2.45. The van der Waals surface area contributed by atoms with Crippen molar-refractivity contribution in [2.24, 2.45) is 5.92 Å². The van der Waals surface area contributed by atoms with Crippen LogP contribution in [0.1, 0.15) is 40.2 Å². The summed E-state index contributed by atoms with van der Waals surface area (Å²) < 4.78 is 16.1. The molecule has 1 unspecified atom stereocenters. The molecule has 3 aromatic rings. The van der Waals surface area contributed by atoms with Gasteiger partial charge < -0.3 is 29.4 Å². The highest BCUT2D eigenvalue weighted by Gasteiger charge is 2.39. The number of aromatic amines is 1. The Morgan fingerprint density at radius 2 is 1.91 bits per heavy atom. The number of aromatic nitrogens is 1. The molecule has 1 aliphatic carbocycles. The predicted molar refractivity (Wildman–Crippen MR) is 132 cm³/mol. The molecule has 0 spiro atoms. The lowest BCUT2D eigenvalue weighted by molar-refractivity contribution is 0.0925. The molecule has 5 rings (SSSR count). The minimum Gasteiger partial charge on any atom is -0.493 e. The lowest BCUT2D eigenvalue weighted by Crippen LogP contribution is -2.48. The minimum atomic E-state index is -0.138. The standard InChI is InChI=1S/C27H33N3O4/c1-30-15-16(10-20-19-6-5-7-21-25(19)18(14-29-21)11-22(20)30)8-9-28-27(31)17-12-23(32-2)26(34-4)24(13-17)33-3/h5-7,12-14,16,20,22,29H,8-11,15H2,1-4H3,(H,28,31)/t16-,20?,22-/m1/s1. The van der Waals surface area contributed by atoms with E-state index < -0.39 is 0 Å². The lowest BCUT2D eigenvalue weighted by atomic mass is 9.72. The number of hydrogen-bond acceptors (Lipinski definition) is 5. The first-order chi connectivity index (χ1) is 16.5. The molecule has 0 radical (unpaired) electrons. The van der Waals surface area contributed by atoms with Crippen LogP contribution in [0.4, 0.5) is 0 Å². The third-order valence-corrected chi connectivity index (χ3v) is 7.58. The maximum Gasteiger partial charge on any atom is 0.251 e. The molecular formula is C27H33N3O4. The average molecular weight is 464 g/mol. The number of benzene rings is 2. The van der Waals surface area contributed by atoms with E-state index in [2.05, 4.69) is 46.6 Å². The Hall–Kier alpha value is -3.19. The van der Waals surface area contributed by atoms with Gasteiger partial charge in [-0.15, -0.1) is 0 Å². The maximum atomic E-state index is 12.9. The topological polar surface area (TPSA) is 75.8 Å². The van der Waals surface area contributed by atoms with E-state index in [1.165, 1.54) is 22.0 Å². The molecule has 1 saturated heterocycles. The number of nitrogens with zero attached hydrogens (tertiary/aromatic N) is 1. The van der Waals surface area contributed by atoms with Gasteiger partial charge in [-0.05, 0) is 61.6 Å². The van der Waals surface area contributed by atoms with E-state index in [0.717, 1.165) is 25.8 Å². The number of methoxy groups -OCH3 is 3. The number of ether oxygens (including phenoxy) is 3. The highest BCUT2D eigenvalue weighted by atomic mass is 16.5. The molecular weight excluding hydrogens is 430 g/mol. The van der Waals surface area contributed by atoms with E-state index in [1.54, 1.807) is 33.5 Å². The minimum absolute atomic E-state index is 0.138. The second kappa shape index (κ2) is 9.22. The van der Waals surface area contributed by atoms with Crippen LogP contribution in [0.3, 0.4) is 0 Å². The maximum absolute atomic E-state index is 12.9. The molecule has 1 aromatic heterocycles. The van der Waals surface area contributed by atoms with Crippen LogP contribution >= 0.6 is 0 Å². The number of likely N-dealkylation sites (N-methyl/N-ethyl adjacent to an activating group) is 1. The molecule has 2 heterocycles. The Morgan fingerprint density at radius 3 is 2.62 bits per heavy atom. The fourth-order valence-electron chi connectivity index (χ4n) is 5.97. The van der Waals surface area contributed by atoms with Crippen molar-refractivity contribution in [1.82, 2.24) is 15.2 Å². The van der Waals surface area contributed by atoms with Gasteiger partial charge in [0.2, 0.25) is 5.75 Å². The Balaban J connectivity index is 1.25. The molecule has 7 heteroatoms. The molecule has 7 nitrogen and oxygen atoms in total. The summed E-state index contributed by atoms with van der Waals surface area (Å²) in [6.45, 7) is 1.68. The summed E-state index contributed by atoms with van der Waals surface area (Å²) in [6.07, 6.45) is 5.38. The van der Waals surface area contributed by atoms with Gasteiger partial charge in [0.25, 0.3) is 5.91 Å². The Kier molecular flexibility index (Phi) is 6.13. The summed E-state index contributed by atoms with van der Waals surface area (Å²) in [5.74, 6) is 2.35. The molecule has 2 aromatic carbocycles. The summed E-state index contributed by atoms with van der Waals surface area (Å²) in [5.41, 5.74) is 4.65. The second-order valence-corrected chi connectivity index (χ2v) is 9.46. The number of likely N-dealkylation sites (tertiary alicyclic amines) is 1. The number of piperidine rings is 1. The van der Waals surface area contributed by atoms with Crippen molar-refractivity contribution in [3.8, 4) is 17.2 Å². The monoisotopic (exact) mass is 463 g/mol. The third kappa shape index (κ3) is 3.88. The summed E-state index contributed by atoms with van der Waals surface area (Å²) in [4.78, 5) is 18.8. The van der Waals surface area contributed by atoms with Crippen LogP contribution in [0.15, 0.2) is 36.5 Å². The van der Waals surface area contributed by atoms with Gasteiger partial charge in [0, 0.05) is 47.7 Å². The van der Waals surface area contributed by atoms with Crippen molar-refractivity contribution in [1.29, 1.82) is 0 Å². The smallest absolute Gasteiger partial charge is 0.251 e. The van der Waals surface area contributed by atoms with E-state index in [9.17, 15) is 4.79 Å². The van der Waals surface area contributed by atoms with Gasteiger partial charge in [-0.3, -0.25) is 4.79 Å². The van der Waals surface area contributed by atoms with Crippen LogP contribution in [-0.4, -0.2) is 63.3 Å². The molecule has 34 heavy (non-hydrogen) atoms. The van der Waals surface area contributed by atoms with Crippen molar-refractivity contribution in [2.75, 3.05) is 41.5 Å². The molecule has 0 bridgehead atoms. The SMILES string of the molecule is COc1cc(C(=O)NCC[C@@H]2CC3c4cccc5[nH]cc(c45)C[C@H]3N(C)C2)cc(OC)c1OC. The highest BCUT2D eigenvalue weighted by molar-refractivity contribution is 5.95. The number of rotatable bonds is 7. The summed E-state index contributed by atoms with van der Waals surface area (Å²) in [5, 5.41) is 4.51. The van der Waals surface area contributed by atoms with Crippen molar-refractivity contribution in [2.45, 2.75) is 31.2 Å². The first-order valence-electron chi connectivity index (χ1n) is 11.9. The molecule has 3 atom stereocenters. The normalized spacial score (nSPS) is 21.7. The Morgan fingerprint density at radius 1 is 1.15 bits per heavy atom. The van der Waals surface area contributed by atoms with E-state index in [1.807, 2.05) is 0 Å². The van der Waals surface area contributed by atoms with E-state index in [-0.39, 0.29) is 5.91 Å². The average Bonchev–Trinajstić information content (AvgIpc) is 3.27. The third-order valence-electron chi connectivity index (χ3n) is 7.58. The zero-order chi connectivity index (χ0) is 23.8. The Labute approximate surface area is 200 Å². The molecule has 2 N–H and O–H groups in total. The first-order valence-corrected chi connectivity index (χ1v) is 11.9. The van der Waals surface area contributed by atoms with Crippen LogP contribution in [0.5, 0.6) is 17.2 Å².